The van der Waals surface area contributed by atoms with Gasteiger partial charge in [0.2, 0.25) is 0 Å². The molecule has 0 unspecified atom stereocenters. The molecule has 4 nitrogen and oxygen atoms in total. The molecule has 2 aromatic carbocycles. The van der Waals surface area contributed by atoms with Crippen LogP contribution in [0, 0.1) is 11.8 Å². The van der Waals surface area contributed by atoms with Crippen LogP contribution in [0.5, 0.6) is 0 Å². The van der Waals surface area contributed by atoms with Gasteiger partial charge in [0.25, 0.3) is 0 Å². The number of hydrogen-bond acceptors (Lipinski definition) is 4. The molecule has 0 fully saturated rings. The summed E-state index contributed by atoms with van der Waals surface area (Å²) in [5.41, 5.74) is 4.45. The number of esters is 1. The molecule has 0 aliphatic heterocycles. The van der Waals surface area contributed by atoms with Gasteiger partial charge in [0.05, 0.1) is 7.11 Å². The van der Waals surface area contributed by atoms with Crippen LogP contribution in [-0.2, 0) is 4.74 Å². The molecule has 1 heterocycles. The van der Waals surface area contributed by atoms with Crippen LogP contribution in [0.2, 0.25) is 0 Å². The van der Waals surface area contributed by atoms with E-state index in [1.54, 1.807) is 24.4 Å². The van der Waals surface area contributed by atoms with Crippen LogP contribution in [0.25, 0.3) is 11.1 Å². The Balaban J connectivity index is 1.80. The Labute approximate surface area is 151 Å². The summed E-state index contributed by atoms with van der Waals surface area (Å²) in [6.07, 6.45) is 2.39. The Bertz CT molecular complexity index is 994. The SMILES string of the molecule is COC(=O)c1cc(-c2ccc(C#Cc3ccc(C=O)cc3)cc2)ccn1. The summed E-state index contributed by atoms with van der Waals surface area (Å²) in [4.78, 5) is 26.3. The normalized spacial score (nSPS) is 9.73. The van der Waals surface area contributed by atoms with Crippen molar-refractivity contribution in [3.63, 3.8) is 0 Å². The highest BCUT2D eigenvalue weighted by atomic mass is 16.5. The van der Waals surface area contributed by atoms with Crippen LogP contribution in [0.3, 0.4) is 0 Å². The fraction of sp³-hybridized carbons (Fsp3) is 0.0455. The molecular formula is C22H15NO3. The molecule has 3 rings (SSSR count). The fourth-order valence-corrected chi connectivity index (χ4v) is 2.36. The molecule has 26 heavy (non-hydrogen) atoms. The minimum Gasteiger partial charge on any atom is -0.464 e. The predicted molar refractivity (Wildman–Crippen MR) is 98.8 cm³/mol. The lowest BCUT2D eigenvalue weighted by molar-refractivity contribution is 0.0594. The Morgan fingerprint density at radius 1 is 0.923 bits per heavy atom. The second-order valence-electron chi connectivity index (χ2n) is 5.49. The molecule has 126 valence electrons. The molecule has 1 aromatic heterocycles. The number of carbonyl (C=O) groups excluding carboxylic acids is 2. The third-order valence-electron chi connectivity index (χ3n) is 3.77. The molecule has 4 heteroatoms. The molecule has 0 aliphatic rings. The Hall–Kier alpha value is -3.71. The summed E-state index contributed by atoms with van der Waals surface area (Å²) < 4.78 is 4.70. The molecule has 0 radical (unpaired) electrons. The van der Waals surface area contributed by atoms with E-state index in [0.717, 1.165) is 28.5 Å². The Morgan fingerprint density at radius 2 is 1.54 bits per heavy atom. The number of hydrogen-bond donors (Lipinski definition) is 0. The largest absolute Gasteiger partial charge is 0.464 e. The standard InChI is InChI=1S/C22H15NO3/c1-26-22(25)21-14-20(12-13-23-21)19-10-8-17(9-11-19)3-2-16-4-6-18(15-24)7-5-16/h4-15H,1H3. The van der Waals surface area contributed by atoms with E-state index >= 15 is 0 Å². The molecule has 0 atom stereocenters. The number of aldehydes is 1. The number of nitrogens with zero attached hydrogens (tertiary/aromatic N) is 1. The van der Waals surface area contributed by atoms with Crippen molar-refractivity contribution in [2.75, 3.05) is 7.11 Å². The first-order valence-electron chi connectivity index (χ1n) is 7.91. The van der Waals surface area contributed by atoms with Crippen molar-refractivity contribution in [3.05, 3.63) is 89.2 Å². The van der Waals surface area contributed by atoms with E-state index in [0.29, 0.717) is 5.56 Å². The third-order valence-corrected chi connectivity index (χ3v) is 3.77. The first kappa shape index (κ1) is 17.1. The number of ether oxygens (including phenoxy) is 1. The van der Waals surface area contributed by atoms with Crippen LogP contribution in [-0.4, -0.2) is 24.3 Å². The lowest BCUT2D eigenvalue weighted by Crippen LogP contribution is -2.03. The quantitative estimate of drug-likeness (QED) is 0.414. The molecule has 0 N–H and O–H groups in total. The monoisotopic (exact) mass is 341 g/mol. The zero-order chi connectivity index (χ0) is 18.4. The number of benzene rings is 2. The minimum atomic E-state index is -0.463. The predicted octanol–water partition coefficient (Wildman–Crippen LogP) is 3.75. The zero-order valence-electron chi connectivity index (χ0n) is 14.1. The summed E-state index contributed by atoms with van der Waals surface area (Å²) in [5, 5.41) is 0. The number of aromatic nitrogens is 1. The first-order valence-corrected chi connectivity index (χ1v) is 7.91. The molecule has 0 bridgehead atoms. The van der Waals surface area contributed by atoms with Gasteiger partial charge in [-0.3, -0.25) is 4.79 Å². The first-order chi connectivity index (χ1) is 12.7. The average molecular weight is 341 g/mol. The summed E-state index contributed by atoms with van der Waals surface area (Å²) >= 11 is 0. The van der Waals surface area contributed by atoms with Crippen LogP contribution in [0.15, 0.2) is 66.9 Å². The molecule has 3 aromatic rings. The van der Waals surface area contributed by atoms with Gasteiger partial charge in [-0.1, -0.05) is 36.1 Å². The van der Waals surface area contributed by atoms with Gasteiger partial charge in [0.1, 0.15) is 12.0 Å². The van der Waals surface area contributed by atoms with Crippen molar-refractivity contribution in [1.82, 2.24) is 4.98 Å². The van der Waals surface area contributed by atoms with E-state index in [-0.39, 0.29) is 5.69 Å². The van der Waals surface area contributed by atoms with Gasteiger partial charge in [-0.2, -0.15) is 0 Å². The topological polar surface area (TPSA) is 56.3 Å². The maximum Gasteiger partial charge on any atom is 0.356 e. The number of methoxy groups -OCH3 is 1. The lowest BCUT2D eigenvalue weighted by Gasteiger charge is -2.04. The van der Waals surface area contributed by atoms with Gasteiger partial charge in [-0.05, 0) is 47.5 Å². The van der Waals surface area contributed by atoms with Crippen molar-refractivity contribution < 1.29 is 14.3 Å². The average Bonchev–Trinajstić information content (AvgIpc) is 2.72. The fourth-order valence-electron chi connectivity index (χ4n) is 2.36. The molecule has 0 saturated heterocycles. The van der Waals surface area contributed by atoms with Crippen LogP contribution < -0.4 is 0 Å². The van der Waals surface area contributed by atoms with Crippen molar-refractivity contribution in [3.8, 4) is 23.0 Å². The summed E-state index contributed by atoms with van der Waals surface area (Å²) in [7, 11) is 1.33. The van der Waals surface area contributed by atoms with E-state index in [4.69, 9.17) is 4.74 Å². The third kappa shape index (κ3) is 4.03. The van der Waals surface area contributed by atoms with E-state index in [2.05, 4.69) is 16.8 Å². The van der Waals surface area contributed by atoms with E-state index in [1.165, 1.54) is 7.11 Å². The Morgan fingerprint density at radius 3 is 2.12 bits per heavy atom. The minimum absolute atomic E-state index is 0.271. The van der Waals surface area contributed by atoms with Crippen molar-refractivity contribution in [1.29, 1.82) is 0 Å². The number of carbonyl (C=O) groups is 2. The number of pyridine rings is 1. The van der Waals surface area contributed by atoms with Crippen molar-refractivity contribution in [2.45, 2.75) is 0 Å². The maximum absolute atomic E-state index is 11.6. The van der Waals surface area contributed by atoms with Gasteiger partial charge in [0, 0.05) is 22.9 Å². The van der Waals surface area contributed by atoms with Crippen molar-refractivity contribution >= 4 is 12.3 Å². The van der Waals surface area contributed by atoms with Crippen molar-refractivity contribution in [2.24, 2.45) is 0 Å². The summed E-state index contributed by atoms with van der Waals surface area (Å²) in [6, 6.07) is 18.4. The molecule has 0 saturated carbocycles. The van der Waals surface area contributed by atoms with Gasteiger partial charge in [-0.15, -0.1) is 0 Å². The van der Waals surface area contributed by atoms with Gasteiger partial charge in [0.15, 0.2) is 0 Å². The maximum atomic E-state index is 11.6. The zero-order valence-corrected chi connectivity index (χ0v) is 14.1. The van der Waals surface area contributed by atoms with Crippen LogP contribution in [0.4, 0.5) is 0 Å². The van der Waals surface area contributed by atoms with Crippen LogP contribution >= 0.6 is 0 Å². The van der Waals surface area contributed by atoms with Gasteiger partial charge >= 0.3 is 5.97 Å². The molecule has 0 spiro atoms. The highest BCUT2D eigenvalue weighted by molar-refractivity contribution is 5.88. The summed E-state index contributed by atoms with van der Waals surface area (Å²) in [6.45, 7) is 0. The molecule has 0 amide bonds. The van der Waals surface area contributed by atoms with E-state index < -0.39 is 5.97 Å². The lowest BCUT2D eigenvalue weighted by atomic mass is 10.0. The van der Waals surface area contributed by atoms with Crippen LogP contribution in [0.1, 0.15) is 32.0 Å². The smallest absolute Gasteiger partial charge is 0.356 e. The molecule has 0 aliphatic carbocycles. The van der Waals surface area contributed by atoms with Gasteiger partial charge in [-0.25, -0.2) is 9.78 Å². The Kier molecular flexibility index (Phi) is 5.21. The van der Waals surface area contributed by atoms with Gasteiger partial charge < -0.3 is 4.74 Å². The highest BCUT2D eigenvalue weighted by Gasteiger charge is 2.08. The summed E-state index contributed by atoms with van der Waals surface area (Å²) in [5.74, 6) is 5.69. The van der Waals surface area contributed by atoms with E-state index in [1.807, 2.05) is 42.5 Å². The molecular weight excluding hydrogens is 326 g/mol. The number of rotatable bonds is 3. The van der Waals surface area contributed by atoms with E-state index in [9.17, 15) is 9.59 Å². The second kappa shape index (κ2) is 7.91. The second-order valence-corrected chi connectivity index (χ2v) is 5.49. The highest BCUT2D eigenvalue weighted by Crippen LogP contribution is 2.20.